The van der Waals surface area contributed by atoms with Gasteiger partial charge in [-0.25, -0.2) is 0 Å². The predicted molar refractivity (Wildman–Crippen MR) is 76.7 cm³/mol. The molecule has 1 amide bonds. The maximum absolute atomic E-state index is 12.0. The minimum atomic E-state index is -0.250. The summed E-state index contributed by atoms with van der Waals surface area (Å²) in [7, 11) is 0. The van der Waals surface area contributed by atoms with Crippen LogP contribution >= 0.6 is 23.6 Å². The Morgan fingerprint density at radius 3 is 2.41 bits per heavy atom. The minimum Gasteiger partial charge on any atom is -0.392 e. The molecule has 0 bridgehead atoms. The van der Waals surface area contributed by atoms with Gasteiger partial charge in [0.25, 0.3) is 5.91 Å². The fourth-order valence-corrected chi connectivity index (χ4v) is 2.73. The molecule has 1 aromatic heterocycles. The van der Waals surface area contributed by atoms with Crippen molar-refractivity contribution in [1.82, 2.24) is 5.32 Å². The van der Waals surface area contributed by atoms with Crippen molar-refractivity contribution in [1.29, 1.82) is 0 Å². The van der Waals surface area contributed by atoms with E-state index in [2.05, 4.69) is 5.32 Å². The van der Waals surface area contributed by atoms with Gasteiger partial charge < -0.3 is 11.1 Å². The van der Waals surface area contributed by atoms with Gasteiger partial charge in [0.05, 0.1) is 15.9 Å². The summed E-state index contributed by atoms with van der Waals surface area (Å²) < 4.78 is 0. The van der Waals surface area contributed by atoms with Crippen LogP contribution in [0.25, 0.3) is 0 Å². The Morgan fingerprint density at radius 1 is 1.47 bits per heavy atom. The van der Waals surface area contributed by atoms with Crippen LogP contribution in [0.15, 0.2) is 6.07 Å². The molecule has 1 atom stereocenters. The number of aryl methyl sites for hydroxylation is 2. The zero-order valence-electron chi connectivity index (χ0n) is 10.5. The lowest BCUT2D eigenvalue weighted by molar-refractivity contribution is 0.0944. The normalized spacial score (nSPS) is 12.5. The van der Waals surface area contributed by atoms with Crippen molar-refractivity contribution in [3.05, 3.63) is 21.4 Å². The van der Waals surface area contributed by atoms with Gasteiger partial charge >= 0.3 is 0 Å². The first-order valence-electron chi connectivity index (χ1n) is 5.50. The molecule has 1 aromatic rings. The number of nitrogens with two attached hydrogens (primary N) is 1. The molecule has 1 heterocycles. The van der Waals surface area contributed by atoms with Gasteiger partial charge in [-0.05, 0) is 31.4 Å². The zero-order chi connectivity index (χ0) is 13.2. The second-order valence-corrected chi connectivity index (χ2v) is 6.18. The van der Waals surface area contributed by atoms with E-state index in [9.17, 15) is 4.79 Å². The molecule has 0 radical (unpaired) electrons. The minimum absolute atomic E-state index is 0.0994. The SMILES string of the molecule is Cc1cc(C(=O)NC(C(N)=S)C(C)C)sc1C. The number of hydrogen-bond acceptors (Lipinski definition) is 3. The van der Waals surface area contributed by atoms with Crippen LogP contribution in [0.1, 0.15) is 34.0 Å². The van der Waals surface area contributed by atoms with Gasteiger partial charge in [-0.15, -0.1) is 11.3 Å². The number of hydrogen-bond donors (Lipinski definition) is 2. The second-order valence-electron chi connectivity index (χ2n) is 4.45. The van der Waals surface area contributed by atoms with Gasteiger partial charge in [0.1, 0.15) is 0 Å². The lowest BCUT2D eigenvalue weighted by Crippen LogP contribution is -2.46. The van der Waals surface area contributed by atoms with E-state index in [4.69, 9.17) is 18.0 Å². The fraction of sp³-hybridized carbons (Fsp3) is 0.500. The van der Waals surface area contributed by atoms with Crippen molar-refractivity contribution in [2.24, 2.45) is 11.7 Å². The quantitative estimate of drug-likeness (QED) is 0.826. The molecule has 0 aromatic carbocycles. The molecule has 94 valence electrons. The number of thiocarbonyl (C=S) groups is 1. The van der Waals surface area contributed by atoms with Gasteiger partial charge in [-0.1, -0.05) is 26.1 Å². The van der Waals surface area contributed by atoms with E-state index in [1.807, 2.05) is 33.8 Å². The molecule has 0 fully saturated rings. The third-order valence-electron chi connectivity index (χ3n) is 2.65. The Kier molecular flexibility index (Phi) is 4.65. The van der Waals surface area contributed by atoms with E-state index < -0.39 is 0 Å². The summed E-state index contributed by atoms with van der Waals surface area (Å²) in [5.74, 6) is 0.0938. The monoisotopic (exact) mass is 270 g/mol. The third kappa shape index (κ3) is 3.51. The van der Waals surface area contributed by atoms with E-state index in [-0.39, 0.29) is 17.9 Å². The Balaban J connectivity index is 2.81. The summed E-state index contributed by atoms with van der Waals surface area (Å²) >= 11 is 6.45. The lowest BCUT2D eigenvalue weighted by Gasteiger charge is -2.20. The molecule has 0 saturated heterocycles. The molecule has 0 saturated carbocycles. The molecular formula is C12H18N2OS2. The highest BCUT2D eigenvalue weighted by Crippen LogP contribution is 2.20. The Hall–Kier alpha value is -0.940. The predicted octanol–water partition coefficient (Wildman–Crippen LogP) is 2.41. The highest BCUT2D eigenvalue weighted by Gasteiger charge is 2.20. The van der Waals surface area contributed by atoms with E-state index in [1.54, 1.807) is 0 Å². The Bertz CT molecular complexity index is 418. The van der Waals surface area contributed by atoms with Crippen molar-refractivity contribution in [3.63, 3.8) is 0 Å². The number of rotatable bonds is 4. The molecule has 3 N–H and O–H groups in total. The highest BCUT2D eigenvalue weighted by molar-refractivity contribution is 7.80. The summed E-state index contributed by atoms with van der Waals surface area (Å²) in [5.41, 5.74) is 6.75. The Morgan fingerprint density at radius 2 is 2.06 bits per heavy atom. The standard InChI is InChI=1S/C12H18N2OS2/c1-6(2)10(11(13)16)14-12(15)9-5-7(3)8(4)17-9/h5-6,10H,1-4H3,(H2,13,16)(H,14,15). The van der Waals surface area contributed by atoms with Crippen LogP contribution in [0.2, 0.25) is 0 Å². The number of thiophene rings is 1. The number of carbonyl (C=O) groups is 1. The van der Waals surface area contributed by atoms with E-state index in [0.29, 0.717) is 9.87 Å². The van der Waals surface area contributed by atoms with E-state index in [0.717, 1.165) is 10.4 Å². The molecule has 1 rings (SSSR count). The molecule has 17 heavy (non-hydrogen) atoms. The molecule has 5 heteroatoms. The van der Waals surface area contributed by atoms with Gasteiger partial charge in [-0.2, -0.15) is 0 Å². The lowest BCUT2D eigenvalue weighted by atomic mass is 10.0. The summed E-state index contributed by atoms with van der Waals surface area (Å²) in [4.78, 5) is 14.2. The van der Waals surface area contributed by atoms with Gasteiger partial charge in [0.2, 0.25) is 0 Å². The summed E-state index contributed by atoms with van der Waals surface area (Å²) in [5, 5.41) is 2.88. The van der Waals surface area contributed by atoms with Crippen LogP contribution < -0.4 is 11.1 Å². The second kappa shape index (κ2) is 5.60. The summed E-state index contributed by atoms with van der Waals surface area (Å²) in [6.07, 6.45) is 0. The van der Waals surface area contributed by atoms with Gasteiger partial charge in [0, 0.05) is 4.88 Å². The molecule has 0 aliphatic rings. The van der Waals surface area contributed by atoms with Crippen LogP contribution in [0, 0.1) is 19.8 Å². The van der Waals surface area contributed by atoms with Crippen LogP contribution in [0.5, 0.6) is 0 Å². The first-order chi connectivity index (χ1) is 7.82. The van der Waals surface area contributed by atoms with Gasteiger partial charge in [0.15, 0.2) is 0 Å². The molecule has 0 aliphatic heterocycles. The van der Waals surface area contributed by atoms with Crippen LogP contribution in [0.4, 0.5) is 0 Å². The van der Waals surface area contributed by atoms with Gasteiger partial charge in [-0.3, -0.25) is 4.79 Å². The van der Waals surface area contributed by atoms with Crippen molar-refractivity contribution < 1.29 is 4.79 Å². The number of nitrogens with one attached hydrogen (secondary N) is 1. The molecule has 0 spiro atoms. The fourth-order valence-electron chi connectivity index (χ4n) is 1.46. The average Bonchev–Trinajstić information content (AvgIpc) is 2.54. The molecular weight excluding hydrogens is 252 g/mol. The largest absolute Gasteiger partial charge is 0.392 e. The summed E-state index contributed by atoms with van der Waals surface area (Å²) in [6.45, 7) is 7.96. The average molecular weight is 270 g/mol. The topological polar surface area (TPSA) is 55.1 Å². The molecule has 3 nitrogen and oxygen atoms in total. The highest BCUT2D eigenvalue weighted by atomic mass is 32.1. The van der Waals surface area contributed by atoms with Crippen LogP contribution in [-0.2, 0) is 0 Å². The third-order valence-corrected chi connectivity index (χ3v) is 4.05. The first kappa shape index (κ1) is 14.1. The zero-order valence-corrected chi connectivity index (χ0v) is 12.2. The smallest absolute Gasteiger partial charge is 0.261 e. The molecule has 0 aliphatic carbocycles. The van der Waals surface area contributed by atoms with Crippen molar-refractivity contribution >= 4 is 34.5 Å². The van der Waals surface area contributed by atoms with E-state index in [1.165, 1.54) is 11.3 Å². The van der Waals surface area contributed by atoms with Crippen molar-refractivity contribution in [2.45, 2.75) is 33.7 Å². The van der Waals surface area contributed by atoms with Crippen molar-refractivity contribution in [2.75, 3.05) is 0 Å². The first-order valence-corrected chi connectivity index (χ1v) is 6.72. The summed E-state index contributed by atoms with van der Waals surface area (Å²) in [6, 6.07) is 1.65. The number of carbonyl (C=O) groups excluding carboxylic acids is 1. The molecule has 1 unspecified atom stereocenters. The Labute approximate surface area is 111 Å². The van der Waals surface area contributed by atoms with Crippen LogP contribution in [0.3, 0.4) is 0 Å². The maximum atomic E-state index is 12.0. The maximum Gasteiger partial charge on any atom is 0.261 e. The van der Waals surface area contributed by atoms with E-state index >= 15 is 0 Å². The van der Waals surface area contributed by atoms with Crippen LogP contribution in [-0.4, -0.2) is 16.9 Å². The van der Waals surface area contributed by atoms with Crippen molar-refractivity contribution in [3.8, 4) is 0 Å². The number of amides is 1.